The lowest BCUT2D eigenvalue weighted by Crippen LogP contribution is -2.61. The molecule has 2 saturated heterocycles. The zero-order valence-corrected chi connectivity index (χ0v) is 24.8. The van der Waals surface area contributed by atoms with E-state index in [1.54, 1.807) is 25.7 Å². The minimum absolute atomic E-state index is 0.00477. The lowest BCUT2D eigenvalue weighted by molar-refractivity contribution is -0.142. The Morgan fingerprint density at radius 3 is 2.44 bits per heavy atom. The molecule has 2 aliphatic rings. The Balaban J connectivity index is 1.70. The van der Waals surface area contributed by atoms with Gasteiger partial charge in [0.05, 0.1) is 10.9 Å². The number of benzene rings is 1. The van der Waals surface area contributed by atoms with Gasteiger partial charge in [0.25, 0.3) is 0 Å². The van der Waals surface area contributed by atoms with E-state index >= 15 is 0 Å². The van der Waals surface area contributed by atoms with E-state index in [4.69, 9.17) is 15.2 Å². The number of primary amides is 1. The van der Waals surface area contributed by atoms with Gasteiger partial charge in [0, 0.05) is 25.3 Å². The fraction of sp³-hybridized carbons (Fsp3) is 0.630. The maximum atomic E-state index is 13.6. The highest BCUT2D eigenvalue weighted by Crippen LogP contribution is 2.28. The summed E-state index contributed by atoms with van der Waals surface area (Å²) in [6, 6.07) is 3.40. The number of amides is 4. The number of alkyl carbamates (subject to hydrolysis) is 1. The van der Waals surface area contributed by atoms with Gasteiger partial charge in [0.15, 0.2) is 9.84 Å². The number of ether oxygens (including phenoxy) is 2. The van der Waals surface area contributed by atoms with Crippen LogP contribution in [0, 0.1) is 0 Å². The lowest BCUT2D eigenvalue weighted by Gasteiger charge is -2.36. The number of nitrogens with zero attached hydrogens (tertiary/aromatic N) is 1. The summed E-state index contributed by atoms with van der Waals surface area (Å²) in [7, 11) is -3.36. The zero-order valence-electron chi connectivity index (χ0n) is 24.0. The summed E-state index contributed by atoms with van der Waals surface area (Å²) in [5.41, 5.74) is 4.60. The van der Waals surface area contributed by atoms with Gasteiger partial charge in [-0.2, -0.15) is 0 Å². The van der Waals surface area contributed by atoms with Gasteiger partial charge < -0.3 is 36.1 Å². The smallest absolute Gasteiger partial charge is 0.408 e. The van der Waals surface area contributed by atoms with Gasteiger partial charge in [0.1, 0.15) is 30.0 Å². The van der Waals surface area contributed by atoms with Crippen molar-refractivity contribution in [1.82, 2.24) is 20.9 Å². The van der Waals surface area contributed by atoms with Gasteiger partial charge in [-0.05, 0) is 77.3 Å². The Labute approximate surface area is 240 Å². The Morgan fingerprint density at radius 1 is 1.15 bits per heavy atom. The molecule has 41 heavy (non-hydrogen) atoms. The molecule has 13 nitrogen and oxygen atoms in total. The molecule has 3 rings (SSSR count). The molecule has 1 aromatic carbocycles. The molecule has 0 radical (unpaired) electrons. The van der Waals surface area contributed by atoms with Crippen molar-refractivity contribution in [3.8, 4) is 5.75 Å². The van der Waals surface area contributed by atoms with Gasteiger partial charge in [-0.25, -0.2) is 13.2 Å². The van der Waals surface area contributed by atoms with E-state index in [1.165, 1.54) is 24.3 Å². The standard InChI is InChI=1S/C27H41N5O8S/c1-27(2,3)40-26(36)31-21-15-29-14-13-18-6-11-22(32(18)25(21)35)24(34)30-17(5-12-23(28)33)16-39-19-7-9-20(10-8-19)41(4,37)38/h7-10,17-18,21-22,29H,5-6,11-16H2,1-4H3,(H2,28,33)(H,30,34)(H,31,36)/t17?,18-,21+,22+/m1/s1. The molecule has 0 spiro atoms. The van der Waals surface area contributed by atoms with Crippen LogP contribution in [0.4, 0.5) is 4.79 Å². The van der Waals surface area contributed by atoms with Crippen molar-refractivity contribution in [3.05, 3.63) is 24.3 Å². The lowest BCUT2D eigenvalue weighted by atomic mass is 10.1. The van der Waals surface area contributed by atoms with Gasteiger partial charge in [-0.15, -0.1) is 0 Å². The summed E-state index contributed by atoms with van der Waals surface area (Å²) >= 11 is 0. The number of rotatable bonds is 10. The fourth-order valence-corrected chi connectivity index (χ4v) is 5.52. The first-order valence-corrected chi connectivity index (χ1v) is 15.6. The minimum Gasteiger partial charge on any atom is -0.491 e. The van der Waals surface area contributed by atoms with Crippen molar-refractivity contribution in [2.24, 2.45) is 5.73 Å². The molecule has 2 aliphatic heterocycles. The Hall–Kier alpha value is -3.39. The van der Waals surface area contributed by atoms with Crippen LogP contribution in [-0.2, 0) is 29.0 Å². The predicted molar refractivity (Wildman–Crippen MR) is 150 cm³/mol. The third-order valence-electron chi connectivity index (χ3n) is 6.84. The number of carbonyl (C=O) groups is 4. The Kier molecular flexibility index (Phi) is 10.6. The normalized spacial score (nSPS) is 22.1. The summed E-state index contributed by atoms with van der Waals surface area (Å²) < 4.78 is 34.5. The molecule has 2 fully saturated rings. The molecule has 0 aliphatic carbocycles. The molecule has 2 heterocycles. The first kappa shape index (κ1) is 32.1. The van der Waals surface area contributed by atoms with Gasteiger partial charge in [-0.1, -0.05) is 0 Å². The molecule has 5 N–H and O–H groups in total. The monoisotopic (exact) mass is 595 g/mol. The number of nitrogens with one attached hydrogen (secondary N) is 3. The van der Waals surface area contributed by atoms with Gasteiger partial charge in [-0.3, -0.25) is 14.4 Å². The largest absolute Gasteiger partial charge is 0.491 e. The number of carbonyl (C=O) groups excluding carboxylic acids is 4. The number of hydrogen-bond acceptors (Lipinski definition) is 9. The highest BCUT2D eigenvalue weighted by Gasteiger charge is 2.44. The maximum Gasteiger partial charge on any atom is 0.408 e. The molecule has 0 bridgehead atoms. The van der Waals surface area contributed by atoms with Crippen LogP contribution >= 0.6 is 0 Å². The SMILES string of the molecule is CC(C)(C)OC(=O)N[C@H]1CNCC[C@H]2CC[C@@H](C(=O)NC(CCC(N)=O)COc3ccc(S(C)(=O)=O)cc3)N2C1=O. The summed E-state index contributed by atoms with van der Waals surface area (Å²) in [6.45, 7) is 5.99. The zero-order chi connectivity index (χ0) is 30.4. The van der Waals surface area contributed by atoms with E-state index in [0.29, 0.717) is 31.6 Å². The van der Waals surface area contributed by atoms with Crippen molar-refractivity contribution < 1.29 is 37.1 Å². The third-order valence-corrected chi connectivity index (χ3v) is 7.97. The number of nitrogens with two attached hydrogens (primary N) is 1. The third kappa shape index (κ3) is 9.59. The van der Waals surface area contributed by atoms with E-state index < -0.39 is 51.5 Å². The Bertz CT molecular complexity index is 1220. The topological polar surface area (TPSA) is 186 Å². The average Bonchev–Trinajstić information content (AvgIpc) is 3.28. The molecule has 228 valence electrons. The first-order valence-electron chi connectivity index (χ1n) is 13.7. The molecule has 14 heteroatoms. The summed E-state index contributed by atoms with van der Waals surface area (Å²) in [4.78, 5) is 52.7. The summed E-state index contributed by atoms with van der Waals surface area (Å²) in [5, 5.41) is 8.73. The van der Waals surface area contributed by atoms with E-state index in [1.807, 2.05) is 0 Å². The van der Waals surface area contributed by atoms with Crippen LogP contribution in [0.2, 0.25) is 0 Å². The van der Waals surface area contributed by atoms with Crippen LogP contribution in [-0.4, -0.2) is 92.9 Å². The number of fused-ring (bicyclic) bond motifs is 1. The number of hydrogen-bond donors (Lipinski definition) is 4. The highest BCUT2D eigenvalue weighted by molar-refractivity contribution is 7.90. The van der Waals surface area contributed by atoms with Crippen molar-refractivity contribution >= 4 is 33.7 Å². The van der Waals surface area contributed by atoms with E-state index in [-0.39, 0.29) is 42.8 Å². The highest BCUT2D eigenvalue weighted by atomic mass is 32.2. The van der Waals surface area contributed by atoms with Crippen molar-refractivity contribution in [2.45, 2.75) is 87.5 Å². The van der Waals surface area contributed by atoms with E-state index in [0.717, 1.165) is 6.26 Å². The summed E-state index contributed by atoms with van der Waals surface area (Å²) in [5.74, 6) is -0.915. The van der Waals surface area contributed by atoms with Crippen LogP contribution in [0.3, 0.4) is 0 Å². The molecular weight excluding hydrogens is 554 g/mol. The summed E-state index contributed by atoms with van der Waals surface area (Å²) in [6.07, 6.45) is 2.33. The van der Waals surface area contributed by atoms with Crippen LogP contribution in [0.15, 0.2) is 29.2 Å². The second-order valence-electron chi connectivity index (χ2n) is 11.4. The average molecular weight is 596 g/mol. The molecular formula is C27H41N5O8S. The molecule has 1 aromatic rings. The predicted octanol–water partition coefficient (Wildman–Crippen LogP) is 0.465. The van der Waals surface area contributed by atoms with E-state index in [2.05, 4.69) is 16.0 Å². The van der Waals surface area contributed by atoms with Gasteiger partial charge >= 0.3 is 6.09 Å². The van der Waals surface area contributed by atoms with Crippen LogP contribution in [0.5, 0.6) is 5.75 Å². The first-order chi connectivity index (χ1) is 19.1. The quantitative estimate of drug-likeness (QED) is 0.298. The van der Waals surface area contributed by atoms with Crippen molar-refractivity contribution in [1.29, 1.82) is 0 Å². The molecule has 4 amide bonds. The van der Waals surface area contributed by atoms with Crippen LogP contribution in [0.1, 0.15) is 52.9 Å². The second kappa shape index (κ2) is 13.5. The number of sulfone groups is 1. The molecule has 0 aromatic heterocycles. The van der Waals surface area contributed by atoms with Crippen LogP contribution in [0.25, 0.3) is 0 Å². The van der Waals surface area contributed by atoms with Crippen LogP contribution < -0.4 is 26.4 Å². The fourth-order valence-electron chi connectivity index (χ4n) is 4.89. The van der Waals surface area contributed by atoms with Gasteiger partial charge in [0.2, 0.25) is 17.7 Å². The molecule has 0 saturated carbocycles. The van der Waals surface area contributed by atoms with Crippen molar-refractivity contribution in [2.75, 3.05) is 26.0 Å². The molecule has 1 unspecified atom stereocenters. The molecule has 4 atom stereocenters. The minimum atomic E-state index is -3.36. The van der Waals surface area contributed by atoms with Crippen molar-refractivity contribution in [3.63, 3.8) is 0 Å². The van der Waals surface area contributed by atoms with E-state index in [9.17, 15) is 27.6 Å². The second-order valence-corrected chi connectivity index (χ2v) is 13.5. The maximum absolute atomic E-state index is 13.6. The Morgan fingerprint density at radius 2 is 1.83 bits per heavy atom.